The molecule has 0 amide bonds. The van der Waals surface area contributed by atoms with Crippen molar-refractivity contribution in [1.82, 2.24) is 0 Å². The summed E-state index contributed by atoms with van der Waals surface area (Å²) >= 11 is 5.82. The van der Waals surface area contributed by atoms with E-state index in [1.807, 2.05) is 6.92 Å². The van der Waals surface area contributed by atoms with E-state index in [4.69, 9.17) is 17.3 Å². The van der Waals surface area contributed by atoms with E-state index >= 15 is 0 Å². The smallest absolute Gasteiger partial charge is 0.327 e. The molecule has 1 unspecified atom stereocenters. The summed E-state index contributed by atoms with van der Waals surface area (Å²) in [6.07, 6.45) is -3.28. The lowest BCUT2D eigenvalue weighted by Gasteiger charge is -2.13. The van der Waals surface area contributed by atoms with Crippen LogP contribution in [0.25, 0.3) is 0 Å². The van der Waals surface area contributed by atoms with E-state index in [0.29, 0.717) is 23.4 Å². The number of rotatable bonds is 3. The maximum atomic E-state index is 12.4. The summed E-state index contributed by atoms with van der Waals surface area (Å²) in [7, 11) is 0. The molecule has 0 fully saturated rings. The highest BCUT2D eigenvalue weighted by Crippen LogP contribution is 2.32. The third-order valence-corrected chi connectivity index (χ3v) is 2.75. The summed E-state index contributed by atoms with van der Waals surface area (Å²) in [5.74, 6) is 0. The Balaban J connectivity index is 3.00. The highest BCUT2D eigenvalue weighted by Gasteiger charge is 2.30. The first-order valence-electron chi connectivity index (χ1n) is 4.95. The Hall–Kier alpha value is -0.740. The van der Waals surface area contributed by atoms with E-state index in [1.54, 1.807) is 0 Å². The molecule has 0 saturated heterocycles. The molecule has 1 rings (SSSR count). The lowest BCUT2D eigenvalue weighted by Crippen LogP contribution is -2.21. The van der Waals surface area contributed by atoms with Crippen molar-refractivity contribution in [2.45, 2.75) is 32.0 Å². The Bertz CT molecular complexity index is 363. The maximum absolute atomic E-state index is 12.4. The summed E-state index contributed by atoms with van der Waals surface area (Å²) in [4.78, 5) is 0. The van der Waals surface area contributed by atoms with E-state index in [1.165, 1.54) is 6.07 Å². The van der Waals surface area contributed by atoms with Gasteiger partial charge in [-0.25, -0.2) is 0 Å². The Morgan fingerprint density at radius 3 is 2.50 bits per heavy atom. The van der Waals surface area contributed by atoms with Gasteiger partial charge in [0.25, 0.3) is 0 Å². The lowest BCUT2D eigenvalue weighted by atomic mass is 10.0. The Morgan fingerprint density at radius 1 is 1.38 bits per heavy atom. The lowest BCUT2D eigenvalue weighted by molar-refractivity contribution is -0.137. The van der Waals surface area contributed by atoms with Crippen molar-refractivity contribution in [1.29, 1.82) is 0 Å². The van der Waals surface area contributed by atoms with Gasteiger partial charge in [-0.05, 0) is 36.6 Å². The second-order valence-electron chi connectivity index (χ2n) is 3.68. The van der Waals surface area contributed by atoms with E-state index in [-0.39, 0.29) is 6.04 Å². The fourth-order valence-electron chi connectivity index (χ4n) is 1.33. The molecule has 1 aromatic carbocycles. The van der Waals surface area contributed by atoms with Crippen LogP contribution >= 0.6 is 11.6 Å². The molecule has 0 saturated carbocycles. The number of benzene rings is 1. The van der Waals surface area contributed by atoms with Gasteiger partial charge in [0.2, 0.25) is 0 Å². The first-order chi connectivity index (χ1) is 7.34. The summed E-state index contributed by atoms with van der Waals surface area (Å²) < 4.78 is 37.3. The highest BCUT2D eigenvalue weighted by atomic mass is 35.5. The number of hydrogen-bond acceptors (Lipinski definition) is 1. The molecule has 1 aromatic rings. The monoisotopic (exact) mass is 251 g/mol. The van der Waals surface area contributed by atoms with E-state index in [0.717, 1.165) is 12.1 Å². The molecule has 16 heavy (non-hydrogen) atoms. The van der Waals surface area contributed by atoms with Gasteiger partial charge in [-0.2, -0.15) is 13.2 Å². The zero-order valence-electron chi connectivity index (χ0n) is 8.81. The molecular weight excluding hydrogens is 239 g/mol. The largest absolute Gasteiger partial charge is 0.416 e. The zero-order chi connectivity index (χ0) is 12.3. The molecule has 0 aromatic heterocycles. The van der Waals surface area contributed by atoms with Gasteiger partial charge < -0.3 is 5.73 Å². The second-order valence-corrected chi connectivity index (χ2v) is 4.08. The summed E-state index contributed by atoms with van der Waals surface area (Å²) in [5, 5.41) is 0.330. The maximum Gasteiger partial charge on any atom is 0.416 e. The van der Waals surface area contributed by atoms with Crippen LogP contribution in [0.2, 0.25) is 5.02 Å². The Kier molecular flexibility index (Phi) is 4.21. The van der Waals surface area contributed by atoms with Crippen LogP contribution in [0.5, 0.6) is 0 Å². The summed E-state index contributed by atoms with van der Waals surface area (Å²) in [5.41, 5.74) is 5.46. The van der Waals surface area contributed by atoms with Gasteiger partial charge in [-0.3, -0.25) is 0 Å². The highest BCUT2D eigenvalue weighted by molar-refractivity contribution is 6.31. The van der Waals surface area contributed by atoms with Crippen molar-refractivity contribution in [3.05, 3.63) is 34.3 Å². The fourth-order valence-corrected chi connectivity index (χ4v) is 1.53. The van der Waals surface area contributed by atoms with Crippen LogP contribution in [0.1, 0.15) is 24.5 Å². The van der Waals surface area contributed by atoms with Crippen LogP contribution in [0.3, 0.4) is 0 Å². The quantitative estimate of drug-likeness (QED) is 0.872. The predicted molar refractivity (Wildman–Crippen MR) is 58.4 cm³/mol. The van der Waals surface area contributed by atoms with Crippen LogP contribution in [0.15, 0.2) is 18.2 Å². The number of halogens is 4. The number of nitrogens with two attached hydrogens (primary N) is 1. The second kappa shape index (κ2) is 5.06. The molecule has 0 heterocycles. The topological polar surface area (TPSA) is 26.0 Å². The van der Waals surface area contributed by atoms with Gasteiger partial charge in [-0.1, -0.05) is 18.5 Å². The van der Waals surface area contributed by atoms with E-state index < -0.39 is 11.7 Å². The van der Waals surface area contributed by atoms with Crippen LogP contribution in [0, 0.1) is 0 Å². The standard InChI is InChI=1S/C11H13ClF3N/c1-2-9(16)6-7-5-8(11(13,14)15)3-4-10(7)12/h3-5,9H,2,6,16H2,1H3. The average molecular weight is 252 g/mol. The van der Waals surface area contributed by atoms with E-state index in [9.17, 15) is 13.2 Å². The molecule has 0 spiro atoms. The van der Waals surface area contributed by atoms with Gasteiger partial charge in [0.05, 0.1) is 5.56 Å². The van der Waals surface area contributed by atoms with Gasteiger partial charge in [0.1, 0.15) is 0 Å². The van der Waals surface area contributed by atoms with Gasteiger partial charge >= 0.3 is 6.18 Å². The molecule has 0 radical (unpaired) electrons. The zero-order valence-corrected chi connectivity index (χ0v) is 9.57. The normalized spacial score (nSPS) is 13.9. The van der Waals surface area contributed by atoms with Crippen molar-refractivity contribution in [2.75, 3.05) is 0 Å². The van der Waals surface area contributed by atoms with Crippen LogP contribution in [-0.4, -0.2) is 6.04 Å². The van der Waals surface area contributed by atoms with Crippen molar-refractivity contribution in [2.24, 2.45) is 5.73 Å². The molecule has 90 valence electrons. The Morgan fingerprint density at radius 2 is 2.00 bits per heavy atom. The van der Waals surface area contributed by atoms with Crippen molar-refractivity contribution in [3.8, 4) is 0 Å². The molecular formula is C11H13ClF3N. The number of alkyl halides is 3. The fraction of sp³-hybridized carbons (Fsp3) is 0.455. The molecule has 1 atom stereocenters. The summed E-state index contributed by atoms with van der Waals surface area (Å²) in [6.45, 7) is 1.88. The molecule has 1 nitrogen and oxygen atoms in total. The third-order valence-electron chi connectivity index (χ3n) is 2.38. The SMILES string of the molecule is CCC(N)Cc1cc(C(F)(F)F)ccc1Cl. The molecule has 5 heteroatoms. The molecule has 2 N–H and O–H groups in total. The van der Waals surface area contributed by atoms with Crippen molar-refractivity contribution < 1.29 is 13.2 Å². The van der Waals surface area contributed by atoms with Crippen molar-refractivity contribution in [3.63, 3.8) is 0 Å². The van der Waals surface area contributed by atoms with Crippen molar-refractivity contribution >= 4 is 11.6 Å². The minimum Gasteiger partial charge on any atom is -0.327 e. The molecule has 0 aliphatic rings. The average Bonchev–Trinajstić information content (AvgIpc) is 2.19. The minimum atomic E-state index is -4.34. The van der Waals surface area contributed by atoms with E-state index in [2.05, 4.69) is 0 Å². The van der Waals surface area contributed by atoms with Crippen LogP contribution in [-0.2, 0) is 12.6 Å². The van der Waals surface area contributed by atoms with Gasteiger partial charge in [0.15, 0.2) is 0 Å². The van der Waals surface area contributed by atoms with Crippen LogP contribution < -0.4 is 5.73 Å². The molecule has 0 bridgehead atoms. The Labute approximate surface area is 97.4 Å². The first kappa shape index (κ1) is 13.3. The summed E-state index contributed by atoms with van der Waals surface area (Å²) in [6, 6.07) is 3.14. The number of hydrogen-bond donors (Lipinski definition) is 1. The van der Waals surface area contributed by atoms with Gasteiger partial charge in [-0.15, -0.1) is 0 Å². The predicted octanol–water partition coefficient (Wildman–Crippen LogP) is 3.64. The van der Waals surface area contributed by atoms with Crippen LogP contribution in [0.4, 0.5) is 13.2 Å². The van der Waals surface area contributed by atoms with Gasteiger partial charge in [0, 0.05) is 11.1 Å². The first-order valence-corrected chi connectivity index (χ1v) is 5.33. The minimum absolute atomic E-state index is 0.166. The molecule has 0 aliphatic carbocycles. The molecule has 0 aliphatic heterocycles. The third kappa shape index (κ3) is 3.39.